The predicted molar refractivity (Wildman–Crippen MR) is 23.6 cm³/mol. The molecule has 0 aliphatic heterocycles. The fourth-order valence-electron chi connectivity index (χ4n) is 0.131. The molecule has 0 spiro atoms. The van der Waals surface area contributed by atoms with Crippen molar-refractivity contribution in [1.82, 2.24) is 0 Å². The van der Waals surface area contributed by atoms with Crippen molar-refractivity contribution in [3.63, 3.8) is 0 Å². The number of hydrogen-bond acceptors (Lipinski definition) is 2. The first kappa shape index (κ1) is 6.45. The van der Waals surface area contributed by atoms with Crippen LogP contribution in [0.3, 0.4) is 0 Å². The molecule has 0 heterocycles. The Morgan fingerprint density at radius 2 is 2.17 bits per heavy atom. The van der Waals surface area contributed by atoms with Gasteiger partial charge in [0.15, 0.2) is 0 Å². The van der Waals surface area contributed by atoms with Crippen molar-refractivity contribution < 1.29 is 8.53 Å². The summed E-state index contributed by atoms with van der Waals surface area (Å²) in [7, 11) is 1.64. The van der Waals surface area contributed by atoms with E-state index >= 15 is 0 Å². The van der Waals surface area contributed by atoms with Gasteiger partial charge >= 0.3 is 16.6 Å². The van der Waals surface area contributed by atoms with Gasteiger partial charge in [-0.15, -0.1) is 0 Å². The Balaban J connectivity index is 2.34. The van der Waals surface area contributed by atoms with Crippen LogP contribution in [0.5, 0.6) is 0 Å². The third kappa shape index (κ3) is 4.45. The van der Waals surface area contributed by atoms with Gasteiger partial charge in [-0.3, -0.25) is 0 Å². The summed E-state index contributed by atoms with van der Waals surface area (Å²) in [5, 5.41) is 0. The highest BCUT2D eigenvalue weighted by molar-refractivity contribution is 5.97. The second-order valence-corrected chi connectivity index (χ2v) is 1.20. The molecule has 3 heteroatoms. The first-order chi connectivity index (χ1) is 2.91. The van der Waals surface area contributed by atoms with Crippen LogP contribution in [-0.2, 0) is 8.53 Å². The second-order valence-electron chi connectivity index (χ2n) is 0.864. The zero-order valence-electron chi connectivity index (χ0n) is 3.81. The SMILES string of the molecule is COCC[O][Al]. The molecule has 0 atom stereocenters. The maximum atomic E-state index is 4.64. The average molecular weight is 102 g/mol. The molecule has 2 radical (unpaired) electrons. The molecule has 2 nitrogen and oxygen atoms in total. The van der Waals surface area contributed by atoms with E-state index in [-0.39, 0.29) is 0 Å². The van der Waals surface area contributed by atoms with Gasteiger partial charge in [0.1, 0.15) is 0 Å². The zero-order valence-corrected chi connectivity index (χ0v) is 4.96. The number of hydrogen-bond donors (Lipinski definition) is 0. The van der Waals surface area contributed by atoms with Crippen molar-refractivity contribution in [3.05, 3.63) is 0 Å². The lowest BCUT2D eigenvalue weighted by Crippen LogP contribution is -1.97. The first-order valence-corrected chi connectivity index (χ1v) is 2.19. The fourth-order valence-corrected chi connectivity index (χ4v) is 0.228. The number of ether oxygens (including phenoxy) is 1. The molecule has 0 aromatic rings. The Morgan fingerprint density at radius 3 is 2.33 bits per heavy atom. The normalized spacial score (nSPS) is 8.83. The highest BCUT2D eigenvalue weighted by atomic mass is 27.1. The maximum absolute atomic E-state index is 4.64. The highest BCUT2D eigenvalue weighted by Gasteiger charge is 1.72. The lowest BCUT2D eigenvalue weighted by atomic mass is 10.8. The van der Waals surface area contributed by atoms with E-state index in [0.29, 0.717) is 13.2 Å². The molecule has 0 bridgehead atoms. The maximum Gasteiger partial charge on any atom is 0.369 e. The van der Waals surface area contributed by atoms with E-state index in [2.05, 4.69) is 25.1 Å². The van der Waals surface area contributed by atoms with Crippen LogP contribution >= 0.6 is 0 Å². The molecule has 0 fully saturated rings. The van der Waals surface area contributed by atoms with Crippen molar-refractivity contribution in [2.45, 2.75) is 0 Å². The number of methoxy groups -OCH3 is 1. The molecular formula is C3H7AlO2. The zero-order chi connectivity index (χ0) is 4.83. The molecule has 0 aromatic carbocycles. The van der Waals surface area contributed by atoms with Crippen molar-refractivity contribution in [2.24, 2.45) is 0 Å². The molecule has 0 saturated carbocycles. The molecule has 0 amide bonds. The lowest BCUT2D eigenvalue weighted by molar-refractivity contribution is 0.152. The summed E-state index contributed by atoms with van der Waals surface area (Å²) in [5.74, 6) is 0. The molecule has 0 saturated heterocycles. The predicted octanol–water partition coefficient (Wildman–Crippen LogP) is -0.267. The van der Waals surface area contributed by atoms with Gasteiger partial charge < -0.3 is 8.53 Å². The van der Waals surface area contributed by atoms with E-state index in [1.807, 2.05) is 0 Å². The minimum Gasteiger partial charge on any atom is -0.514 e. The Morgan fingerprint density at radius 1 is 1.50 bits per heavy atom. The van der Waals surface area contributed by atoms with Gasteiger partial charge in [0.25, 0.3) is 0 Å². The fraction of sp³-hybridized carbons (Fsp3) is 1.00. The Hall–Kier alpha value is 0.452. The van der Waals surface area contributed by atoms with E-state index in [9.17, 15) is 0 Å². The molecule has 0 aliphatic rings. The van der Waals surface area contributed by atoms with Crippen LogP contribution in [0.4, 0.5) is 0 Å². The van der Waals surface area contributed by atoms with Crippen LogP contribution in [-0.4, -0.2) is 36.9 Å². The van der Waals surface area contributed by atoms with Crippen LogP contribution < -0.4 is 0 Å². The molecule has 0 aromatic heterocycles. The van der Waals surface area contributed by atoms with Crippen molar-refractivity contribution in [3.8, 4) is 0 Å². The first-order valence-electron chi connectivity index (χ1n) is 1.72. The van der Waals surface area contributed by atoms with Gasteiger partial charge in [0.2, 0.25) is 0 Å². The van der Waals surface area contributed by atoms with Gasteiger partial charge in [0.05, 0.1) is 6.61 Å². The Bertz CT molecular complexity index is 20.8. The number of rotatable bonds is 3. The summed E-state index contributed by atoms with van der Waals surface area (Å²) in [6.45, 7) is 1.32. The molecular weight excluding hydrogens is 95.0 g/mol. The monoisotopic (exact) mass is 102 g/mol. The third-order valence-corrected chi connectivity index (χ3v) is 0.641. The van der Waals surface area contributed by atoms with E-state index in [1.165, 1.54) is 0 Å². The molecule has 0 rings (SSSR count). The standard InChI is InChI=1S/C3H7O2.Al/c1-5-3-2-4;/h2-3H2,1H3;/q-1;+1. The van der Waals surface area contributed by atoms with Gasteiger partial charge in [-0.05, 0) is 0 Å². The molecule has 0 unspecified atom stereocenters. The quantitative estimate of drug-likeness (QED) is 0.361. The van der Waals surface area contributed by atoms with Crippen LogP contribution in [0.2, 0.25) is 0 Å². The Labute approximate surface area is 46.2 Å². The highest BCUT2D eigenvalue weighted by Crippen LogP contribution is 1.64. The topological polar surface area (TPSA) is 18.5 Å². The molecule has 0 aliphatic carbocycles. The Kier molecular flexibility index (Phi) is 5.86. The van der Waals surface area contributed by atoms with Crippen molar-refractivity contribution >= 4 is 16.6 Å². The van der Waals surface area contributed by atoms with Gasteiger partial charge in [0, 0.05) is 13.7 Å². The van der Waals surface area contributed by atoms with E-state index in [4.69, 9.17) is 0 Å². The van der Waals surface area contributed by atoms with Gasteiger partial charge in [-0.25, -0.2) is 0 Å². The summed E-state index contributed by atoms with van der Waals surface area (Å²) in [4.78, 5) is 0. The third-order valence-electron chi connectivity index (χ3n) is 0.405. The van der Waals surface area contributed by atoms with E-state index in [1.54, 1.807) is 7.11 Å². The van der Waals surface area contributed by atoms with Crippen LogP contribution in [0.1, 0.15) is 0 Å². The molecule has 6 heavy (non-hydrogen) atoms. The van der Waals surface area contributed by atoms with Crippen molar-refractivity contribution in [2.75, 3.05) is 20.3 Å². The van der Waals surface area contributed by atoms with Gasteiger partial charge in [-0.1, -0.05) is 0 Å². The van der Waals surface area contributed by atoms with Gasteiger partial charge in [-0.2, -0.15) is 0 Å². The average Bonchev–Trinajstić information content (AvgIpc) is 1.61. The minimum atomic E-state index is 0.654. The van der Waals surface area contributed by atoms with Crippen LogP contribution in [0.25, 0.3) is 0 Å². The lowest BCUT2D eigenvalue weighted by Gasteiger charge is -1.93. The van der Waals surface area contributed by atoms with Crippen molar-refractivity contribution in [1.29, 1.82) is 0 Å². The second kappa shape index (κ2) is 5.45. The van der Waals surface area contributed by atoms with E-state index in [0.717, 1.165) is 0 Å². The summed E-state index contributed by atoms with van der Waals surface area (Å²) in [6.07, 6.45) is 0. The van der Waals surface area contributed by atoms with Crippen LogP contribution in [0.15, 0.2) is 0 Å². The summed E-state index contributed by atoms with van der Waals surface area (Å²) in [5.41, 5.74) is 0. The summed E-state index contributed by atoms with van der Waals surface area (Å²) >= 11 is 2.15. The largest absolute Gasteiger partial charge is 0.514 e. The minimum absolute atomic E-state index is 0.654. The smallest absolute Gasteiger partial charge is 0.369 e. The molecule has 0 N–H and O–H groups in total. The molecule has 34 valence electrons. The summed E-state index contributed by atoms with van der Waals surface area (Å²) < 4.78 is 9.22. The van der Waals surface area contributed by atoms with Crippen LogP contribution in [0, 0.1) is 0 Å². The summed E-state index contributed by atoms with van der Waals surface area (Å²) in [6, 6.07) is 0. The van der Waals surface area contributed by atoms with E-state index < -0.39 is 0 Å².